The van der Waals surface area contributed by atoms with Crippen molar-refractivity contribution < 1.29 is 19.0 Å². The molecule has 2 aromatic rings. The van der Waals surface area contributed by atoms with E-state index in [9.17, 15) is 4.79 Å². The second-order valence-electron chi connectivity index (χ2n) is 7.26. The molecule has 1 atom stereocenters. The molecule has 1 aliphatic heterocycles. The van der Waals surface area contributed by atoms with Crippen LogP contribution in [-0.4, -0.2) is 37.0 Å². The van der Waals surface area contributed by atoms with E-state index >= 15 is 0 Å². The minimum absolute atomic E-state index is 0.0506. The zero-order valence-corrected chi connectivity index (χ0v) is 16.0. The summed E-state index contributed by atoms with van der Waals surface area (Å²) in [4.78, 5) is 12.4. The summed E-state index contributed by atoms with van der Waals surface area (Å²) in [7, 11) is 4.74. The van der Waals surface area contributed by atoms with Gasteiger partial charge in [-0.25, -0.2) is 4.68 Å². The van der Waals surface area contributed by atoms with Gasteiger partial charge >= 0.3 is 0 Å². The number of anilines is 1. The SMILES string of the molecule is COc1ccc([C@@H]2CC(=O)Nc3c2cnn3C(C)(C)C)c(OC)c1OC. The molecule has 1 N–H and O–H groups in total. The van der Waals surface area contributed by atoms with E-state index in [0.29, 0.717) is 23.7 Å². The van der Waals surface area contributed by atoms with Gasteiger partial charge in [-0.2, -0.15) is 5.10 Å². The lowest BCUT2D eigenvalue weighted by atomic mass is 9.86. The Bertz CT molecular complexity index is 836. The molecule has 0 unspecified atom stereocenters. The van der Waals surface area contributed by atoms with Crippen molar-refractivity contribution in [2.75, 3.05) is 26.6 Å². The standard InChI is InChI=1S/C19H25N3O4/c1-19(2,3)22-18-13(10-20-22)12(9-15(23)21-18)11-7-8-14(24-4)17(26-6)16(11)25-5/h7-8,10,12H,9H2,1-6H3,(H,21,23)/t12-/m0/s1. The quantitative estimate of drug-likeness (QED) is 0.908. The number of nitrogens with zero attached hydrogens (tertiary/aromatic N) is 2. The van der Waals surface area contributed by atoms with Crippen LogP contribution < -0.4 is 19.5 Å². The highest BCUT2D eigenvalue weighted by Gasteiger charge is 2.35. The lowest BCUT2D eigenvalue weighted by molar-refractivity contribution is -0.116. The van der Waals surface area contributed by atoms with Crippen LogP contribution in [0.2, 0.25) is 0 Å². The van der Waals surface area contributed by atoms with Crippen LogP contribution in [-0.2, 0) is 10.3 Å². The molecule has 0 fully saturated rings. The average molecular weight is 359 g/mol. The van der Waals surface area contributed by atoms with Gasteiger partial charge in [0.1, 0.15) is 5.82 Å². The van der Waals surface area contributed by atoms with Crippen molar-refractivity contribution in [2.45, 2.75) is 38.6 Å². The Balaban J connectivity index is 2.18. The van der Waals surface area contributed by atoms with Crippen molar-refractivity contribution in [2.24, 2.45) is 0 Å². The molecule has 0 bridgehead atoms. The number of hydrogen-bond donors (Lipinski definition) is 1. The maximum Gasteiger partial charge on any atom is 0.226 e. The number of nitrogens with one attached hydrogen (secondary N) is 1. The smallest absolute Gasteiger partial charge is 0.226 e. The number of aromatic nitrogens is 2. The summed E-state index contributed by atoms with van der Waals surface area (Å²) in [5, 5.41) is 7.48. The number of hydrogen-bond acceptors (Lipinski definition) is 5. The molecule has 1 aromatic heterocycles. The van der Waals surface area contributed by atoms with Crippen LogP contribution in [0.5, 0.6) is 17.2 Å². The monoisotopic (exact) mass is 359 g/mol. The zero-order valence-electron chi connectivity index (χ0n) is 16.0. The molecule has 1 aromatic carbocycles. The van der Waals surface area contributed by atoms with Crippen LogP contribution in [0.4, 0.5) is 5.82 Å². The van der Waals surface area contributed by atoms with Gasteiger partial charge in [-0.15, -0.1) is 0 Å². The lowest BCUT2D eigenvalue weighted by Crippen LogP contribution is -2.30. The predicted molar refractivity (Wildman–Crippen MR) is 98.4 cm³/mol. The van der Waals surface area contributed by atoms with Gasteiger partial charge in [-0.1, -0.05) is 6.07 Å². The Morgan fingerprint density at radius 1 is 1.08 bits per heavy atom. The number of carbonyl (C=O) groups excluding carboxylic acids is 1. The summed E-state index contributed by atoms with van der Waals surface area (Å²) in [5.41, 5.74) is 1.59. The van der Waals surface area contributed by atoms with Gasteiger partial charge < -0.3 is 19.5 Å². The number of fused-ring (bicyclic) bond motifs is 1. The molecule has 26 heavy (non-hydrogen) atoms. The van der Waals surface area contributed by atoms with Crippen molar-refractivity contribution in [1.82, 2.24) is 9.78 Å². The number of carbonyl (C=O) groups is 1. The van der Waals surface area contributed by atoms with Crippen LogP contribution in [0.15, 0.2) is 18.3 Å². The maximum absolute atomic E-state index is 12.4. The first-order valence-corrected chi connectivity index (χ1v) is 8.49. The number of ether oxygens (including phenoxy) is 3. The number of amides is 1. The number of rotatable bonds is 4. The molecule has 140 valence electrons. The molecule has 2 heterocycles. The molecule has 1 amide bonds. The molecule has 1 aliphatic rings. The second-order valence-corrected chi connectivity index (χ2v) is 7.26. The Morgan fingerprint density at radius 3 is 2.35 bits per heavy atom. The van der Waals surface area contributed by atoms with E-state index in [1.54, 1.807) is 21.3 Å². The van der Waals surface area contributed by atoms with E-state index in [4.69, 9.17) is 14.2 Å². The molecule has 7 nitrogen and oxygen atoms in total. The van der Waals surface area contributed by atoms with Gasteiger partial charge in [0.25, 0.3) is 0 Å². The largest absolute Gasteiger partial charge is 0.493 e. The van der Waals surface area contributed by atoms with Crippen molar-refractivity contribution in [3.63, 3.8) is 0 Å². The van der Waals surface area contributed by atoms with Crippen LogP contribution in [0.25, 0.3) is 0 Å². The maximum atomic E-state index is 12.4. The van der Waals surface area contributed by atoms with E-state index < -0.39 is 0 Å². The Hall–Kier alpha value is -2.70. The molecule has 0 radical (unpaired) electrons. The van der Waals surface area contributed by atoms with Crippen LogP contribution in [0.1, 0.15) is 44.2 Å². The first-order valence-electron chi connectivity index (χ1n) is 8.49. The first kappa shape index (κ1) is 18.1. The van der Waals surface area contributed by atoms with E-state index in [2.05, 4.69) is 10.4 Å². The minimum atomic E-state index is -0.246. The summed E-state index contributed by atoms with van der Waals surface area (Å²) < 4.78 is 18.3. The normalized spacial score (nSPS) is 16.7. The van der Waals surface area contributed by atoms with Gasteiger partial charge in [-0.05, 0) is 26.8 Å². The molecule has 7 heteroatoms. The Labute approximate surface area is 153 Å². The van der Waals surface area contributed by atoms with E-state index in [0.717, 1.165) is 16.9 Å². The third kappa shape index (κ3) is 2.87. The summed E-state index contributed by atoms with van der Waals surface area (Å²) in [6.07, 6.45) is 2.13. The third-order valence-corrected chi connectivity index (χ3v) is 4.57. The zero-order chi connectivity index (χ0) is 19.1. The second kappa shape index (κ2) is 6.55. The summed E-state index contributed by atoms with van der Waals surface area (Å²) in [6.45, 7) is 6.15. The fourth-order valence-electron chi connectivity index (χ4n) is 3.40. The van der Waals surface area contributed by atoms with Crippen molar-refractivity contribution in [3.8, 4) is 17.2 Å². The molecule has 0 aliphatic carbocycles. The highest BCUT2D eigenvalue weighted by atomic mass is 16.5. The Kier molecular flexibility index (Phi) is 4.56. The minimum Gasteiger partial charge on any atom is -0.493 e. The summed E-state index contributed by atoms with van der Waals surface area (Å²) in [5.74, 6) is 2.17. The summed E-state index contributed by atoms with van der Waals surface area (Å²) >= 11 is 0. The van der Waals surface area contributed by atoms with Crippen LogP contribution in [0.3, 0.4) is 0 Å². The van der Waals surface area contributed by atoms with E-state index in [-0.39, 0.29) is 17.4 Å². The molecule has 0 spiro atoms. The van der Waals surface area contributed by atoms with Gasteiger partial charge in [-0.3, -0.25) is 4.79 Å². The Morgan fingerprint density at radius 2 is 1.77 bits per heavy atom. The fourth-order valence-corrected chi connectivity index (χ4v) is 3.40. The van der Waals surface area contributed by atoms with Gasteiger partial charge in [0.05, 0.1) is 33.1 Å². The van der Waals surface area contributed by atoms with E-state index in [1.165, 1.54) is 0 Å². The van der Waals surface area contributed by atoms with Crippen molar-refractivity contribution in [3.05, 3.63) is 29.5 Å². The highest BCUT2D eigenvalue weighted by molar-refractivity contribution is 5.94. The number of methoxy groups -OCH3 is 3. The van der Waals surface area contributed by atoms with Crippen molar-refractivity contribution in [1.29, 1.82) is 0 Å². The fraction of sp³-hybridized carbons (Fsp3) is 0.474. The number of benzene rings is 1. The van der Waals surface area contributed by atoms with Crippen LogP contribution >= 0.6 is 0 Å². The lowest BCUT2D eigenvalue weighted by Gasteiger charge is -2.29. The topological polar surface area (TPSA) is 74.6 Å². The third-order valence-electron chi connectivity index (χ3n) is 4.57. The van der Waals surface area contributed by atoms with Crippen LogP contribution in [0, 0.1) is 0 Å². The van der Waals surface area contributed by atoms with Gasteiger partial charge in [0.2, 0.25) is 11.7 Å². The summed E-state index contributed by atoms with van der Waals surface area (Å²) in [6, 6.07) is 3.75. The van der Waals surface area contributed by atoms with Gasteiger partial charge in [0, 0.05) is 23.5 Å². The van der Waals surface area contributed by atoms with Gasteiger partial charge in [0.15, 0.2) is 11.5 Å². The van der Waals surface area contributed by atoms with E-state index in [1.807, 2.05) is 43.8 Å². The molecular formula is C19H25N3O4. The first-order chi connectivity index (χ1) is 12.3. The van der Waals surface area contributed by atoms with Crippen molar-refractivity contribution >= 4 is 11.7 Å². The molecule has 0 saturated heterocycles. The molecular weight excluding hydrogens is 334 g/mol. The predicted octanol–water partition coefficient (Wildman–Crippen LogP) is 3.14. The highest BCUT2D eigenvalue weighted by Crippen LogP contribution is 2.47. The molecule has 0 saturated carbocycles. The average Bonchev–Trinajstić information content (AvgIpc) is 3.03. The molecule has 3 rings (SSSR count).